The molecule has 0 saturated carbocycles. The van der Waals surface area contributed by atoms with Crippen molar-refractivity contribution < 1.29 is 18.9 Å². The van der Waals surface area contributed by atoms with Crippen LogP contribution in [0.15, 0.2) is 16.5 Å². The summed E-state index contributed by atoms with van der Waals surface area (Å²) in [7, 11) is 3.83. The Morgan fingerprint density at radius 1 is 1.45 bits per heavy atom. The summed E-state index contributed by atoms with van der Waals surface area (Å²) in [5.41, 5.74) is 0. The summed E-state index contributed by atoms with van der Waals surface area (Å²) in [5, 5.41) is 13.3. The predicted molar refractivity (Wildman–Crippen MR) is 76.3 cm³/mol. The summed E-state index contributed by atoms with van der Waals surface area (Å²) >= 11 is 0. The number of nitro groups is 1. The third-order valence-corrected chi connectivity index (χ3v) is 3.38. The Morgan fingerprint density at radius 3 is 2.68 bits per heavy atom. The molecule has 1 N–H and O–H groups in total. The fraction of sp³-hybridized carbons (Fsp3) is 0.538. The zero-order valence-corrected chi connectivity index (χ0v) is 12.4. The minimum atomic E-state index is -0.701. The van der Waals surface area contributed by atoms with Crippen LogP contribution in [0.1, 0.15) is 10.6 Å². The highest BCUT2D eigenvalue weighted by Gasteiger charge is 2.37. The van der Waals surface area contributed by atoms with Crippen LogP contribution in [-0.2, 0) is 4.79 Å². The van der Waals surface area contributed by atoms with Crippen LogP contribution in [0, 0.1) is 16.0 Å². The van der Waals surface area contributed by atoms with Gasteiger partial charge in [-0.25, -0.2) is 0 Å². The first-order valence-corrected chi connectivity index (χ1v) is 6.84. The van der Waals surface area contributed by atoms with Crippen molar-refractivity contribution in [2.24, 2.45) is 5.92 Å². The monoisotopic (exact) mass is 310 g/mol. The lowest BCUT2D eigenvalue weighted by Crippen LogP contribution is -2.56. The van der Waals surface area contributed by atoms with Crippen LogP contribution in [-0.4, -0.2) is 66.8 Å². The molecule has 22 heavy (non-hydrogen) atoms. The van der Waals surface area contributed by atoms with Crippen LogP contribution in [0.25, 0.3) is 0 Å². The molecule has 0 spiro atoms. The Morgan fingerprint density at radius 2 is 2.14 bits per heavy atom. The number of likely N-dealkylation sites (N-methyl/N-ethyl adjacent to an activating group) is 1. The second kappa shape index (κ2) is 6.56. The molecule has 1 saturated heterocycles. The van der Waals surface area contributed by atoms with Crippen LogP contribution in [0.4, 0.5) is 5.88 Å². The van der Waals surface area contributed by atoms with Gasteiger partial charge in [0.1, 0.15) is 4.92 Å². The number of carbonyl (C=O) groups is 2. The molecule has 0 bridgehead atoms. The first-order chi connectivity index (χ1) is 10.4. The number of nitrogens with one attached hydrogen (secondary N) is 1. The van der Waals surface area contributed by atoms with Crippen molar-refractivity contribution >= 4 is 17.7 Å². The summed E-state index contributed by atoms with van der Waals surface area (Å²) in [5.74, 6) is -1.32. The standard InChI is InChI=1S/C13H18N4O5/c1-15(2)6-5-14-12(18)9-7-16(8-9)13(19)10-3-4-11(22-10)17(20)21/h3-4,9H,5-8H2,1-2H3,(H,14,18). The number of likely N-dealkylation sites (tertiary alicyclic amines) is 1. The number of furan rings is 1. The minimum absolute atomic E-state index is 0.0850. The summed E-state index contributed by atoms with van der Waals surface area (Å²) in [4.78, 5) is 37.0. The number of hydrogen-bond donors (Lipinski definition) is 1. The maximum absolute atomic E-state index is 12.0. The molecule has 1 aliphatic heterocycles. The average molecular weight is 310 g/mol. The number of hydrogen-bond acceptors (Lipinski definition) is 6. The second-order valence-electron chi connectivity index (χ2n) is 5.40. The second-order valence-corrected chi connectivity index (χ2v) is 5.40. The molecule has 2 rings (SSSR count). The first kappa shape index (κ1) is 16.0. The third-order valence-electron chi connectivity index (χ3n) is 3.38. The van der Waals surface area contributed by atoms with Crippen LogP contribution in [0.5, 0.6) is 0 Å². The highest BCUT2D eigenvalue weighted by Crippen LogP contribution is 2.22. The number of amides is 2. The van der Waals surface area contributed by atoms with Crippen molar-refractivity contribution in [2.75, 3.05) is 40.3 Å². The lowest BCUT2D eigenvalue weighted by molar-refractivity contribution is -0.402. The number of nitrogens with zero attached hydrogens (tertiary/aromatic N) is 3. The molecule has 9 nitrogen and oxygen atoms in total. The van der Waals surface area contributed by atoms with Gasteiger partial charge in [-0.1, -0.05) is 0 Å². The van der Waals surface area contributed by atoms with E-state index in [1.807, 2.05) is 19.0 Å². The van der Waals surface area contributed by atoms with Crippen molar-refractivity contribution in [3.63, 3.8) is 0 Å². The van der Waals surface area contributed by atoms with E-state index in [1.54, 1.807) is 0 Å². The number of carbonyl (C=O) groups excluding carboxylic acids is 2. The van der Waals surface area contributed by atoms with Gasteiger partial charge in [-0.05, 0) is 20.2 Å². The van der Waals surface area contributed by atoms with Gasteiger partial charge in [-0.3, -0.25) is 19.7 Å². The van der Waals surface area contributed by atoms with Gasteiger partial charge in [0.25, 0.3) is 5.91 Å². The molecule has 0 unspecified atom stereocenters. The van der Waals surface area contributed by atoms with Crippen molar-refractivity contribution in [1.82, 2.24) is 15.1 Å². The zero-order chi connectivity index (χ0) is 16.3. The maximum atomic E-state index is 12.0. The molecule has 0 radical (unpaired) electrons. The minimum Gasteiger partial charge on any atom is -0.395 e. The quantitative estimate of drug-likeness (QED) is 0.582. The lowest BCUT2D eigenvalue weighted by Gasteiger charge is -2.37. The highest BCUT2D eigenvalue weighted by atomic mass is 16.6. The molecule has 0 aromatic carbocycles. The normalized spacial score (nSPS) is 14.8. The molecule has 2 heterocycles. The van der Waals surface area contributed by atoms with E-state index in [9.17, 15) is 19.7 Å². The summed E-state index contributed by atoms with van der Waals surface area (Å²) in [6.07, 6.45) is 0. The Bertz CT molecular complexity index is 577. The van der Waals surface area contributed by atoms with E-state index in [0.717, 1.165) is 12.6 Å². The van der Waals surface area contributed by atoms with E-state index in [4.69, 9.17) is 4.42 Å². The zero-order valence-electron chi connectivity index (χ0n) is 12.4. The summed E-state index contributed by atoms with van der Waals surface area (Å²) < 4.78 is 4.85. The van der Waals surface area contributed by atoms with Crippen molar-refractivity contribution in [2.45, 2.75) is 0 Å². The van der Waals surface area contributed by atoms with Crippen LogP contribution in [0.2, 0.25) is 0 Å². The Kier molecular flexibility index (Phi) is 4.76. The topological polar surface area (TPSA) is 109 Å². The predicted octanol–water partition coefficient (Wildman–Crippen LogP) is -0.0624. The van der Waals surface area contributed by atoms with Crippen molar-refractivity contribution in [1.29, 1.82) is 0 Å². The number of rotatable bonds is 6. The SMILES string of the molecule is CN(C)CCNC(=O)C1CN(C(=O)c2ccc([N+](=O)[O-])o2)C1. The fourth-order valence-electron chi connectivity index (χ4n) is 2.05. The van der Waals surface area contributed by atoms with E-state index in [2.05, 4.69) is 5.32 Å². The third kappa shape index (κ3) is 3.61. The molecule has 1 fully saturated rings. The van der Waals surface area contributed by atoms with E-state index >= 15 is 0 Å². The maximum Gasteiger partial charge on any atom is 0.433 e. The van der Waals surface area contributed by atoms with Crippen molar-refractivity contribution in [3.05, 3.63) is 28.0 Å². The fourth-order valence-corrected chi connectivity index (χ4v) is 2.05. The van der Waals surface area contributed by atoms with E-state index in [-0.39, 0.29) is 17.6 Å². The molecular formula is C13H18N4O5. The Hall–Kier alpha value is -2.42. The molecule has 0 aliphatic carbocycles. The van der Waals surface area contributed by atoms with Crippen LogP contribution in [0.3, 0.4) is 0 Å². The van der Waals surface area contributed by atoms with Crippen molar-refractivity contribution in [3.8, 4) is 0 Å². The average Bonchev–Trinajstić information content (AvgIpc) is 2.85. The Labute approximate surface area is 127 Å². The first-order valence-electron chi connectivity index (χ1n) is 6.84. The molecule has 2 amide bonds. The van der Waals surface area contributed by atoms with Gasteiger partial charge in [0.05, 0.1) is 12.0 Å². The Balaban J connectivity index is 1.79. The lowest BCUT2D eigenvalue weighted by atomic mass is 9.99. The summed E-state index contributed by atoms with van der Waals surface area (Å²) in [6.45, 7) is 1.89. The molecule has 1 aromatic heterocycles. The van der Waals surface area contributed by atoms with E-state index < -0.39 is 16.7 Å². The van der Waals surface area contributed by atoms with E-state index in [1.165, 1.54) is 11.0 Å². The van der Waals surface area contributed by atoms with Gasteiger partial charge in [-0.2, -0.15) is 0 Å². The van der Waals surface area contributed by atoms with Gasteiger partial charge in [0, 0.05) is 26.2 Å². The van der Waals surface area contributed by atoms with E-state index in [0.29, 0.717) is 19.6 Å². The van der Waals surface area contributed by atoms with Crippen LogP contribution < -0.4 is 5.32 Å². The van der Waals surface area contributed by atoms with Gasteiger partial charge in [-0.15, -0.1) is 0 Å². The highest BCUT2D eigenvalue weighted by molar-refractivity contribution is 5.94. The molecule has 1 aromatic rings. The smallest absolute Gasteiger partial charge is 0.395 e. The van der Waals surface area contributed by atoms with Crippen LogP contribution >= 0.6 is 0 Å². The van der Waals surface area contributed by atoms with Gasteiger partial charge in [0.15, 0.2) is 5.76 Å². The molecule has 120 valence electrons. The summed E-state index contributed by atoms with van der Waals surface area (Å²) in [6, 6.07) is 2.41. The molecule has 1 aliphatic rings. The van der Waals surface area contributed by atoms with Gasteiger partial charge in [0.2, 0.25) is 5.91 Å². The molecular weight excluding hydrogens is 292 g/mol. The largest absolute Gasteiger partial charge is 0.433 e. The van der Waals surface area contributed by atoms with Gasteiger partial charge >= 0.3 is 5.88 Å². The van der Waals surface area contributed by atoms with Gasteiger partial charge < -0.3 is 19.5 Å². The molecule has 0 atom stereocenters. The molecule has 9 heteroatoms.